The number of para-hydroxylation sites is 1. The molecule has 31 heavy (non-hydrogen) atoms. The molecule has 0 saturated carbocycles. The predicted octanol–water partition coefficient (Wildman–Crippen LogP) is 4.94. The number of benzene rings is 3. The van der Waals surface area contributed by atoms with E-state index in [0.29, 0.717) is 11.0 Å². The molecular weight excluding hydrogens is 411 g/mol. The molecule has 0 aliphatic heterocycles. The number of hydrogen-bond donors (Lipinski definition) is 1. The van der Waals surface area contributed by atoms with E-state index in [9.17, 15) is 9.18 Å². The maximum absolute atomic E-state index is 13.2. The molecule has 0 saturated heterocycles. The molecule has 7 heteroatoms. The second-order valence-corrected chi connectivity index (χ2v) is 7.97. The van der Waals surface area contributed by atoms with Crippen LogP contribution in [-0.2, 0) is 18.3 Å². The normalized spacial score (nSPS) is 10.8. The number of thioether (sulfide) groups is 1. The molecule has 156 valence electrons. The Morgan fingerprint density at radius 3 is 2.45 bits per heavy atom. The summed E-state index contributed by atoms with van der Waals surface area (Å²) >= 11 is 1.31. The van der Waals surface area contributed by atoms with Gasteiger partial charge < -0.3 is 9.88 Å². The number of amides is 1. The van der Waals surface area contributed by atoms with Gasteiger partial charge in [0.25, 0.3) is 0 Å². The summed E-state index contributed by atoms with van der Waals surface area (Å²) in [6, 6.07) is 24.0. The van der Waals surface area contributed by atoms with Crippen molar-refractivity contribution in [3.63, 3.8) is 0 Å². The van der Waals surface area contributed by atoms with Crippen LogP contribution in [0.4, 0.5) is 10.1 Å². The molecule has 0 spiro atoms. The van der Waals surface area contributed by atoms with Crippen LogP contribution in [0, 0.1) is 5.82 Å². The van der Waals surface area contributed by atoms with Crippen LogP contribution in [0.2, 0.25) is 0 Å². The predicted molar refractivity (Wildman–Crippen MR) is 121 cm³/mol. The van der Waals surface area contributed by atoms with Gasteiger partial charge in [-0.3, -0.25) is 4.79 Å². The number of hydrogen-bond acceptors (Lipinski definition) is 4. The number of nitrogens with zero attached hydrogens (tertiary/aromatic N) is 3. The van der Waals surface area contributed by atoms with Crippen molar-refractivity contribution in [1.29, 1.82) is 0 Å². The summed E-state index contributed by atoms with van der Waals surface area (Å²) in [5.41, 5.74) is 3.82. The van der Waals surface area contributed by atoms with Crippen LogP contribution in [-0.4, -0.2) is 26.4 Å². The zero-order chi connectivity index (χ0) is 21.6. The number of anilines is 1. The van der Waals surface area contributed by atoms with Gasteiger partial charge in [-0.15, -0.1) is 10.2 Å². The van der Waals surface area contributed by atoms with Gasteiger partial charge >= 0.3 is 0 Å². The molecule has 0 bridgehead atoms. The summed E-state index contributed by atoms with van der Waals surface area (Å²) in [5.74, 6) is 0.410. The molecule has 0 aliphatic carbocycles. The van der Waals surface area contributed by atoms with Gasteiger partial charge in [-0.25, -0.2) is 4.39 Å². The van der Waals surface area contributed by atoms with Crippen molar-refractivity contribution in [2.45, 2.75) is 11.6 Å². The van der Waals surface area contributed by atoms with Crippen LogP contribution in [0.15, 0.2) is 84.0 Å². The molecule has 1 heterocycles. The van der Waals surface area contributed by atoms with E-state index in [0.717, 1.165) is 23.2 Å². The summed E-state index contributed by atoms with van der Waals surface area (Å²) in [4.78, 5) is 12.6. The number of nitrogens with one attached hydrogen (secondary N) is 1. The van der Waals surface area contributed by atoms with Crippen molar-refractivity contribution >= 4 is 23.4 Å². The standard InChI is InChI=1S/C24H21FN4OS/c1-29-23(18-11-13-20(25)14-12-18)27-28-24(29)31-16-22(30)26-21-10-6-5-9-19(21)15-17-7-3-2-4-8-17/h2-14H,15-16H2,1H3,(H,26,30). The van der Waals surface area contributed by atoms with Crippen LogP contribution >= 0.6 is 11.8 Å². The van der Waals surface area contributed by atoms with Crippen molar-refractivity contribution in [3.05, 3.63) is 95.8 Å². The first-order valence-corrected chi connectivity index (χ1v) is 10.8. The van der Waals surface area contributed by atoms with E-state index < -0.39 is 0 Å². The van der Waals surface area contributed by atoms with E-state index >= 15 is 0 Å². The lowest BCUT2D eigenvalue weighted by Gasteiger charge is -2.11. The third-order valence-corrected chi connectivity index (χ3v) is 5.82. The van der Waals surface area contributed by atoms with Gasteiger partial charge in [0.2, 0.25) is 5.91 Å². The minimum absolute atomic E-state index is 0.114. The molecule has 1 aromatic heterocycles. The molecule has 5 nitrogen and oxygen atoms in total. The van der Waals surface area contributed by atoms with Gasteiger partial charge in [0.05, 0.1) is 5.75 Å². The van der Waals surface area contributed by atoms with E-state index in [4.69, 9.17) is 0 Å². The minimum Gasteiger partial charge on any atom is -0.325 e. The van der Waals surface area contributed by atoms with Crippen LogP contribution in [0.5, 0.6) is 0 Å². The first-order chi connectivity index (χ1) is 15.1. The lowest BCUT2D eigenvalue weighted by molar-refractivity contribution is -0.113. The number of aromatic nitrogens is 3. The smallest absolute Gasteiger partial charge is 0.234 e. The lowest BCUT2D eigenvalue weighted by Crippen LogP contribution is -2.15. The molecule has 4 aromatic rings. The second-order valence-electron chi connectivity index (χ2n) is 7.03. The summed E-state index contributed by atoms with van der Waals surface area (Å²) in [6.07, 6.45) is 0.745. The zero-order valence-corrected chi connectivity index (χ0v) is 17.8. The first kappa shape index (κ1) is 20.8. The summed E-state index contributed by atoms with van der Waals surface area (Å²) < 4.78 is 15.0. The van der Waals surface area contributed by atoms with Crippen molar-refractivity contribution in [3.8, 4) is 11.4 Å². The minimum atomic E-state index is -0.301. The number of halogens is 1. The third-order valence-electron chi connectivity index (χ3n) is 4.80. The average molecular weight is 433 g/mol. The van der Waals surface area contributed by atoms with Gasteiger partial charge in [0, 0.05) is 18.3 Å². The Morgan fingerprint density at radius 1 is 0.968 bits per heavy atom. The molecule has 1 amide bonds. The Labute approximate surface area is 184 Å². The highest BCUT2D eigenvalue weighted by atomic mass is 32.2. The van der Waals surface area contributed by atoms with E-state index in [1.54, 1.807) is 16.7 Å². The fourth-order valence-electron chi connectivity index (χ4n) is 3.22. The van der Waals surface area contributed by atoms with E-state index in [1.807, 2.05) is 49.5 Å². The molecule has 1 N–H and O–H groups in total. The van der Waals surface area contributed by atoms with Crippen LogP contribution in [0.25, 0.3) is 11.4 Å². The Balaban J connectivity index is 1.40. The maximum Gasteiger partial charge on any atom is 0.234 e. The average Bonchev–Trinajstić information content (AvgIpc) is 3.15. The second kappa shape index (κ2) is 9.57. The Morgan fingerprint density at radius 2 is 1.68 bits per heavy atom. The summed E-state index contributed by atoms with van der Waals surface area (Å²) in [7, 11) is 1.83. The molecular formula is C24H21FN4OS. The van der Waals surface area contributed by atoms with Gasteiger partial charge in [-0.1, -0.05) is 60.3 Å². The van der Waals surface area contributed by atoms with E-state index in [-0.39, 0.29) is 17.5 Å². The first-order valence-electron chi connectivity index (χ1n) is 9.80. The van der Waals surface area contributed by atoms with Crippen LogP contribution in [0.1, 0.15) is 11.1 Å². The SMILES string of the molecule is Cn1c(SCC(=O)Nc2ccccc2Cc2ccccc2)nnc1-c1ccc(F)cc1. The molecule has 0 atom stereocenters. The fourth-order valence-corrected chi connectivity index (χ4v) is 3.93. The molecule has 0 aliphatic rings. The van der Waals surface area contributed by atoms with Crippen LogP contribution in [0.3, 0.4) is 0 Å². The van der Waals surface area contributed by atoms with Crippen molar-refractivity contribution < 1.29 is 9.18 Å². The third kappa shape index (κ3) is 5.19. The van der Waals surface area contributed by atoms with Gasteiger partial charge in [-0.05, 0) is 47.9 Å². The Hall–Kier alpha value is -3.45. The van der Waals surface area contributed by atoms with Gasteiger partial charge in [0.1, 0.15) is 5.82 Å². The highest BCUT2D eigenvalue weighted by Crippen LogP contribution is 2.24. The Kier molecular flexibility index (Phi) is 6.43. The van der Waals surface area contributed by atoms with E-state index in [1.165, 1.54) is 29.5 Å². The highest BCUT2D eigenvalue weighted by Gasteiger charge is 2.14. The van der Waals surface area contributed by atoms with Crippen molar-refractivity contribution in [1.82, 2.24) is 14.8 Å². The quantitative estimate of drug-likeness (QED) is 0.420. The molecule has 0 unspecified atom stereocenters. The van der Waals surface area contributed by atoms with Gasteiger partial charge in [0.15, 0.2) is 11.0 Å². The summed E-state index contributed by atoms with van der Waals surface area (Å²) in [6.45, 7) is 0. The largest absolute Gasteiger partial charge is 0.325 e. The summed E-state index contributed by atoms with van der Waals surface area (Å²) in [5, 5.41) is 12.0. The molecule has 0 radical (unpaired) electrons. The zero-order valence-electron chi connectivity index (χ0n) is 17.0. The topological polar surface area (TPSA) is 59.8 Å². The molecule has 3 aromatic carbocycles. The van der Waals surface area contributed by atoms with Crippen molar-refractivity contribution in [2.75, 3.05) is 11.1 Å². The Bertz CT molecular complexity index is 1180. The molecule has 4 rings (SSSR count). The highest BCUT2D eigenvalue weighted by molar-refractivity contribution is 7.99. The lowest BCUT2D eigenvalue weighted by atomic mass is 10.0. The van der Waals surface area contributed by atoms with Crippen LogP contribution < -0.4 is 5.32 Å². The van der Waals surface area contributed by atoms with Gasteiger partial charge in [-0.2, -0.15) is 0 Å². The number of carbonyl (C=O) groups excluding carboxylic acids is 1. The fraction of sp³-hybridized carbons (Fsp3) is 0.125. The molecule has 0 fully saturated rings. The number of carbonyl (C=O) groups is 1. The van der Waals surface area contributed by atoms with E-state index in [2.05, 4.69) is 27.6 Å². The van der Waals surface area contributed by atoms with Crippen molar-refractivity contribution in [2.24, 2.45) is 7.05 Å². The maximum atomic E-state index is 13.2. The monoisotopic (exact) mass is 432 g/mol. The number of rotatable bonds is 7.